The number of para-hydroxylation sites is 1. The summed E-state index contributed by atoms with van der Waals surface area (Å²) in [5.41, 5.74) is 1.72. The first kappa shape index (κ1) is 22.3. The SMILES string of the molecule is COc1ccc(Cl)cc1NC(=O)Cn1c(=O)cc(-c2nc(-c3cccnc3)no2)c2ccccc21. The van der Waals surface area contributed by atoms with E-state index in [0.717, 1.165) is 0 Å². The van der Waals surface area contributed by atoms with Gasteiger partial charge in [0.1, 0.15) is 12.3 Å². The number of halogens is 1. The fourth-order valence-electron chi connectivity index (χ4n) is 3.73. The average Bonchev–Trinajstić information content (AvgIpc) is 3.36. The summed E-state index contributed by atoms with van der Waals surface area (Å²) in [6, 6.07) is 17.1. The van der Waals surface area contributed by atoms with Crippen LogP contribution >= 0.6 is 11.6 Å². The molecule has 0 fully saturated rings. The molecule has 1 N–H and O–H groups in total. The van der Waals surface area contributed by atoms with Crippen molar-refractivity contribution in [2.24, 2.45) is 0 Å². The number of rotatable bonds is 6. The zero-order valence-corrected chi connectivity index (χ0v) is 19.2. The van der Waals surface area contributed by atoms with E-state index in [9.17, 15) is 9.59 Å². The number of nitrogens with one attached hydrogen (secondary N) is 1. The quantitative estimate of drug-likeness (QED) is 0.377. The third-order valence-electron chi connectivity index (χ3n) is 5.33. The maximum atomic E-state index is 13.1. The zero-order chi connectivity index (χ0) is 24.4. The molecule has 0 aliphatic heterocycles. The van der Waals surface area contributed by atoms with Crippen LogP contribution in [0, 0.1) is 0 Å². The van der Waals surface area contributed by atoms with E-state index < -0.39 is 11.5 Å². The van der Waals surface area contributed by atoms with Gasteiger partial charge in [0.2, 0.25) is 11.7 Å². The number of amides is 1. The number of hydrogen-bond donors (Lipinski definition) is 1. The Morgan fingerprint density at radius 3 is 2.80 bits per heavy atom. The molecule has 0 saturated carbocycles. The van der Waals surface area contributed by atoms with Crippen LogP contribution in [0.3, 0.4) is 0 Å². The number of hydrogen-bond acceptors (Lipinski definition) is 7. The van der Waals surface area contributed by atoms with Crippen LogP contribution in [0.4, 0.5) is 5.69 Å². The molecule has 0 radical (unpaired) electrons. The third kappa shape index (κ3) is 4.49. The Balaban J connectivity index is 1.50. The average molecular weight is 488 g/mol. The Bertz CT molecular complexity index is 1600. The van der Waals surface area contributed by atoms with Crippen molar-refractivity contribution in [1.82, 2.24) is 19.7 Å². The topological polar surface area (TPSA) is 112 Å². The van der Waals surface area contributed by atoms with Gasteiger partial charge in [-0.05, 0) is 36.4 Å². The molecule has 0 aliphatic rings. The lowest BCUT2D eigenvalue weighted by Crippen LogP contribution is -2.28. The van der Waals surface area contributed by atoms with Crippen LogP contribution in [0.25, 0.3) is 33.7 Å². The maximum absolute atomic E-state index is 13.1. The molecule has 1 amide bonds. The van der Waals surface area contributed by atoms with E-state index >= 15 is 0 Å². The van der Waals surface area contributed by atoms with Gasteiger partial charge in [0, 0.05) is 34.4 Å². The van der Waals surface area contributed by atoms with Crippen molar-refractivity contribution in [3.63, 3.8) is 0 Å². The van der Waals surface area contributed by atoms with Crippen molar-refractivity contribution in [3.05, 3.63) is 88.4 Å². The summed E-state index contributed by atoms with van der Waals surface area (Å²) in [7, 11) is 1.49. The van der Waals surface area contributed by atoms with Crippen LogP contribution in [0.2, 0.25) is 5.02 Å². The van der Waals surface area contributed by atoms with E-state index in [1.165, 1.54) is 17.7 Å². The lowest BCUT2D eigenvalue weighted by atomic mass is 10.1. The van der Waals surface area contributed by atoms with Crippen molar-refractivity contribution in [3.8, 4) is 28.6 Å². The second kappa shape index (κ2) is 9.40. The van der Waals surface area contributed by atoms with Crippen LogP contribution in [0.15, 0.2) is 82.4 Å². The Hall–Kier alpha value is -4.50. The van der Waals surface area contributed by atoms with Crippen LogP contribution in [-0.2, 0) is 11.3 Å². The fourth-order valence-corrected chi connectivity index (χ4v) is 3.90. The van der Waals surface area contributed by atoms with Gasteiger partial charge in [-0.1, -0.05) is 35.0 Å². The largest absolute Gasteiger partial charge is 0.495 e. The van der Waals surface area contributed by atoms with Gasteiger partial charge in [-0.3, -0.25) is 19.1 Å². The van der Waals surface area contributed by atoms with E-state index in [1.807, 2.05) is 18.2 Å². The molecule has 174 valence electrons. The van der Waals surface area contributed by atoms with E-state index in [0.29, 0.717) is 44.3 Å². The highest BCUT2D eigenvalue weighted by molar-refractivity contribution is 6.31. The molecular weight excluding hydrogens is 470 g/mol. The van der Waals surface area contributed by atoms with Crippen molar-refractivity contribution >= 4 is 34.1 Å². The van der Waals surface area contributed by atoms with Crippen molar-refractivity contribution in [2.45, 2.75) is 6.54 Å². The number of fused-ring (bicyclic) bond motifs is 1. The normalized spacial score (nSPS) is 10.9. The van der Waals surface area contributed by atoms with Gasteiger partial charge in [0.05, 0.1) is 23.9 Å². The molecule has 35 heavy (non-hydrogen) atoms. The number of pyridine rings is 2. The number of carbonyl (C=O) groups excluding carboxylic acids is 1. The Kier molecular flexibility index (Phi) is 5.99. The molecule has 10 heteroatoms. The molecule has 0 aliphatic carbocycles. The molecule has 3 heterocycles. The minimum Gasteiger partial charge on any atom is -0.495 e. The molecule has 0 atom stereocenters. The third-order valence-corrected chi connectivity index (χ3v) is 5.57. The number of benzene rings is 2. The molecule has 5 aromatic rings. The summed E-state index contributed by atoms with van der Waals surface area (Å²) < 4.78 is 12.1. The Morgan fingerprint density at radius 2 is 2.00 bits per heavy atom. The molecule has 9 nitrogen and oxygen atoms in total. The van der Waals surface area contributed by atoms with Crippen LogP contribution in [0.1, 0.15) is 0 Å². The first-order chi connectivity index (χ1) is 17.0. The number of methoxy groups -OCH3 is 1. The van der Waals surface area contributed by atoms with Crippen molar-refractivity contribution in [2.75, 3.05) is 12.4 Å². The predicted molar refractivity (Wildman–Crippen MR) is 131 cm³/mol. The predicted octanol–water partition coefficient (Wildman–Crippen LogP) is 4.41. The van der Waals surface area contributed by atoms with Gasteiger partial charge < -0.3 is 14.6 Å². The van der Waals surface area contributed by atoms with Gasteiger partial charge >= 0.3 is 0 Å². The molecule has 5 rings (SSSR count). The maximum Gasteiger partial charge on any atom is 0.259 e. The first-order valence-electron chi connectivity index (χ1n) is 10.5. The van der Waals surface area contributed by atoms with Crippen LogP contribution in [-0.4, -0.2) is 32.7 Å². The van der Waals surface area contributed by atoms with Crippen molar-refractivity contribution in [1.29, 1.82) is 0 Å². The molecular formula is C25H18ClN5O4. The second-order valence-electron chi connectivity index (χ2n) is 7.56. The van der Waals surface area contributed by atoms with Gasteiger partial charge in [0.15, 0.2) is 0 Å². The summed E-state index contributed by atoms with van der Waals surface area (Å²) in [5.74, 6) is 0.590. The number of nitrogens with zero attached hydrogens (tertiary/aromatic N) is 4. The molecule has 0 spiro atoms. The number of carbonyl (C=O) groups is 1. The standard InChI is InChI=1S/C25H18ClN5O4/c1-34-21-9-8-16(26)11-19(21)28-22(32)14-31-20-7-3-2-6-17(20)18(12-23(31)33)25-29-24(30-35-25)15-5-4-10-27-13-15/h2-13H,14H2,1H3,(H,28,32). The fraction of sp³-hybridized carbons (Fsp3) is 0.0800. The monoisotopic (exact) mass is 487 g/mol. The minimum atomic E-state index is -0.415. The molecule has 2 aromatic carbocycles. The summed E-state index contributed by atoms with van der Waals surface area (Å²) in [6.07, 6.45) is 3.27. The summed E-state index contributed by atoms with van der Waals surface area (Å²) in [4.78, 5) is 34.5. The van der Waals surface area contributed by atoms with Gasteiger partial charge in [-0.15, -0.1) is 0 Å². The summed E-state index contributed by atoms with van der Waals surface area (Å²) >= 11 is 6.05. The molecule has 0 bridgehead atoms. The summed E-state index contributed by atoms with van der Waals surface area (Å²) in [6.45, 7) is -0.222. The van der Waals surface area contributed by atoms with E-state index in [1.54, 1.807) is 48.8 Å². The van der Waals surface area contributed by atoms with E-state index in [-0.39, 0.29) is 12.4 Å². The second-order valence-corrected chi connectivity index (χ2v) is 7.99. The molecule has 0 unspecified atom stereocenters. The van der Waals surface area contributed by atoms with Gasteiger partial charge in [-0.25, -0.2) is 0 Å². The van der Waals surface area contributed by atoms with Gasteiger partial charge in [0.25, 0.3) is 11.4 Å². The smallest absolute Gasteiger partial charge is 0.259 e. The summed E-state index contributed by atoms with van der Waals surface area (Å²) in [5, 5.41) is 7.90. The van der Waals surface area contributed by atoms with Gasteiger partial charge in [-0.2, -0.15) is 4.98 Å². The highest BCUT2D eigenvalue weighted by Crippen LogP contribution is 2.29. The minimum absolute atomic E-state index is 0.192. The van der Waals surface area contributed by atoms with E-state index in [4.69, 9.17) is 20.9 Å². The molecule has 0 saturated heterocycles. The number of ether oxygens (including phenoxy) is 1. The lowest BCUT2D eigenvalue weighted by molar-refractivity contribution is -0.116. The van der Waals surface area contributed by atoms with Crippen LogP contribution in [0.5, 0.6) is 5.75 Å². The highest BCUT2D eigenvalue weighted by atomic mass is 35.5. The molecule has 3 aromatic heterocycles. The number of anilines is 1. The highest BCUT2D eigenvalue weighted by Gasteiger charge is 2.18. The van der Waals surface area contributed by atoms with Crippen LogP contribution < -0.4 is 15.6 Å². The van der Waals surface area contributed by atoms with E-state index in [2.05, 4.69) is 20.4 Å². The first-order valence-corrected chi connectivity index (χ1v) is 10.9. The lowest BCUT2D eigenvalue weighted by Gasteiger charge is -2.14. The zero-order valence-electron chi connectivity index (χ0n) is 18.4. The Labute approximate surface area is 204 Å². The number of aromatic nitrogens is 4. The Morgan fingerprint density at radius 1 is 1.14 bits per heavy atom. The van der Waals surface area contributed by atoms with Crippen molar-refractivity contribution < 1.29 is 14.1 Å².